The zero-order chi connectivity index (χ0) is 12.7. The molecule has 0 amide bonds. The third kappa shape index (κ3) is 4.19. The molecule has 0 aliphatic carbocycles. The molecule has 0 saturated carbocycles. The summed E-state index contributed by atoms with van der Waals surface area (Å²) in [6.45, 7) is 4.29. The van der Waals surface area contributed by atoms with Crippen LogP contribution >= 0.6 is 11.8 Å². The van der Waals surface area contributed by atoms with Crippen LogP contribution in [0.2, 0.25) is 0 Å². The predicted molar refractivity (Wildman–Crippen MR) is 75.9 cm³/mol. The fourth-order valence-electron chi connectivity index (χ4n) is 2.12. The van der Waals surface area contributed by atoms with Gasteiger partial charge in [-0.15, -0.1) is 11.8 Å². The summed E-state index contributed by atoms with van der Waals surface area (Å²) in [5, 5.41) is 0. The van der Waals surface area contributed by atoms with Crippen molar-refractivity contribution in [1.82, 2.24) is 0 Å². The van der Waals surface area contributed by atoms with Gasteiger partial charge in [0, 0.05) is 16.4 Å². The zero-order valence-corrected chi connectivity index (χ0v) is 11.8. The summed E-state index contributed by atoms with van der Waals surface area (Å²) in [5.74, 6) is 0.534. The molecule has 0 aliphatic rings. The van der Waals surface area contributed by atoms with Crippen LogP contribution in [0.1, 0.15) is 49.9 Å². The minimum atomic E-state index is 0.210. The molecule has 17 heavy (non-hydrogen) atoms. The van der Waals surface area contributed by atoms with Gasteiger partial charge in [-0.1, -0.05) is 38.8 Å². The van der Waals surface area contributed by atoms with E-state index in [4.69, 9.17) is 0 Å². The average Bonchev–Trinajstić information content (AvgIpc) is 2.38. The lowest BCUT2D eigenvalue weighted by Gasteiger charge is -2.14. The van der Waals surface area contributed by atoms with Gasteiger partial charge in [0.2, 0.25) is 0 Å². The van der Waals surface area contributed by atoms with Gasteiger partial charge in [-0.25, -0.2) is 0 Å². The van der Waals surface area contributed by atoms with Crippen molar-refractivity contribution in [2.45, 2.75) is 44.4 Å². The fourth-order valence-corrected chi connectivity index (χ4v) is 2.57. The largest absolute Gasteiger partial charge is 0.294 e. The second-order valence-corrected chi connectivity index (χ2v) is 5.25. The van der Waals surface area contributed by atoms with E-state index in [-0.39, 0.29) is 5.92 Å². The highest BCUT2D eigenvalue weighted by atomic mass is 32.2. The molecule has 0 N–H and O–H groups in total. The molecule has 0 aliphatic heterocycles. The van der Waals surface area contributed by atoms with Crippen LogP contribution < -0.4 is 0 Å². The summed E-state index contributed by atoms with van der Waals surface area (Å²) in [7, 11) is 0. The number of rotatable bonds is 7. The highest BCUT2D eigenvalue weighted by molar-refractivity contribution is 7.98. The summed E-state index contributed by atoms with van der Waals surface area (Å²) < 4.78 is 0. The van der Waals surface area contributed by atoms with Gasteiger partial charge in [0.05, 0.1) is 0 Å². The van der Waals surface area contributed by atoms with Crippen molar-refractivity contribution in [2.24, 2.45) is 5.92 Å². The molecule has 1 aromatic rings. The van der Waals surface area contributed by atoms with Gasteiger partial charge < -0.3 is 0 Å². The predicted octanol–water partition coefficient (Wildman–Crippen LogP) is 4.81. The van der Waals surface area contributed by atoms with E-state index in [0.29, 0.717) is 5.78 Å². The Morgan fingerprint density at radius 1 is 1.24 bits per heavy atom. The van der Waals surface area contributed by atoms with Gasteiger partial charge in [-0.3, -0.25) is 4.79 Å². The maximum atomic E-state index is 12.4. The Morgan fingerprint density at radius 3 is 2.41 bits per heavy atom. The molecule has 0 bridgehead atoms. The molecule has 0 unspecified atom stereocenters. The first kappa shape index (κ1) is 14.3. The fraction of sp³-hybridized carbons (Fsp3) is 0.533. The van der Waals surface area contributed by atoms with E-state index < -0.39 is 0 Å². The van der Waals surface area contributed by atoms with Crippen molar-refractivity contribution in [1.29, 1.82) is 0 Å². The van der Waals surface area contributed by atoms with Crippen LogP contribution in [0, 0.1) is 5.92 Å². The quantitative estimate of drug-likeness (QED) is 0.510. The Kier molecular flexibility index (Phi) is 6.35. The number of ketones is 1. The maximum absolute atomic E-state index is 12.4. The first-order chi connectivity index (χ1) is 8.22. The molecule has 1 aromatic carbocycles. The molecule has 1 nitrogen and oxygen atoms in total. The Balaban J connectivity index is 2.84. The second-order valence-electron chi connectivity index (χ2n) is 4.37. The molecule has 2 heteroatoms. The smallest absolute Gasteiger partial charge is 0.165 e. The molecule has 1 rings (SSSR count). The van der Waals surface area contributed by atoms with Crippen molar-refractivity contribution in [3.63, 3.8) is 0 Å². The lowest BCUT2D eigenvalue weighted by molar-refractivity contribution is 0.0904. The lowest BCUT2D eigenvalue weighted by atomic mass is 9.90. The van der Waals surface area contributed by atoms with Crippen LogP contribution in [0.25, 0.3) is 0 Å². The third-order valence-corrected chi connectivity index (χ3v) is 3.72. The Hall–Kier alpha value is -0.760. The van der Waals surface area contributed by atoms with Crippen LogP contribution in [0.4, 0.5) is 0 Å². The highest BCUT2D eigenvalue weighted by Gasteiger charge is 2.18. The molecule has 0 spiro atoms. The molecule has 0 fully saturated rings. The molecule has 0 radical (unpaired) electrons. The van der Waals surface area contributed by atoms with Crippen LogP contribution in [-0.4, -0.2) is 12.0 Å². The number of Topliss-reactive ketones (excluding diaryl/α,β-unsaturated/α-hetero) is 1. The molecule has 94 valence electrons. The Bertz CT molecular complexity index is 354. The van der Waals surface area contributed by atoms with E-state index in [2.05, 4.69) is 19.9 Å². The molecule has 0 aromatic heterocycles. The maximum Gasteiger partial charge on any atom is 0.165 e. The van der Waals surface area contributed by atoms with Crippen molar-refractivity contribution in [3.05, 3.63) is 29.8 Å². The summed E-state index contributed by atoms with van der Waals surface area (Å²) >= 11 is 1.69. The Morgan fingerprint density at radius 2 is 1.88 bits per heavy atom. The van der Waals surface area contributed by atoms with Gasteiger partial charge in [-0.2, -0.15) is 0 Å². The van der Waals surface area contributed by atoms with E-state index >= 15 is 0 Å². The van der Waals surface area contributed by atoms with E-state index in [1.54, 1.807) is 11.8 Å². The van der Waals surface area contributed by atoms with E-state index in [9.17, 15) is 4.79 Å². The SMILES string of the molecule is CCCC(CCC)C(=O)c1cccc(SC)c1. The van der Waals surface area contributed by atoms with E-state index in [1.165, 1.54) is 4.90 Å². The van der Waals surface area contributed by atoms with Gasteiger partial charge >= 0.3 is 0 Å². The molecular formula is C15H22OS. The standard InChI is InChI=1S/C15H22OS/c1-4-7-12(8-5-2)15(16)13-9-6-10-14(11-13)17-3/h6,9-12H,4-5,7-8H2,1-3H3. The van der Waals surface area contributed by atoms with Crippen LogP contribution in [0.3, 0.4) is 0 Å². The number of benzene rings is 1. The van der Waals surface area contributed by atoms with Gasteiger partial charge in [0.25, 0.3) is 0 Å². The highest BCUT2D eigenvalue weighted by Crippen LogP contribution is 2.22. The third-order valence-electron chi connectivity index (χ3n) is 3.00. The molecule has 0 saturated heterocycles. The minimum absolute atomic E-state index is 0.210. The van der Waals surface area contributed by atoms with Gasteiger partial charge in [0.15, 0.2) is 5.78 Å². The summed E-state index contributed by atoms with van der Waals surface area (Å²) in [5.41, 5.74) is 0.878. The molecular weight excluding hydrogens is 228 g/mol. The monoisotopic (exact) mass is 250 g/mol. The van der Waals surface area contributed by atoms with Crippen LogP contribution in [-0.2, 0) is 0 Å². The van der Waals surface area contributed by atoms with Gasteiger partial charge in [-0.05, 0) is 31.2 Å². The Labute approximate surface area is 109 Å². The van der Waals surface area contributed by atoms with Crippen molar-refractivity contribution >= 4 is 17.5 Å². The van der Waals surface area contributed by atoms with Crippen LogP contribution in [0.5, 0.6) is 0 Å². The number of carbonyl (C=O) groups excluding carboxylic acids is 1. The summed E-state index contributed by atoms with van der Waals surface area (Å²) in [4.78, 5) is 13.6. The summed E-state index contributed by atoms with van der Waals surface area (Å²) in [6.07, 6.45) is 6.22. The normalized spacial score (nSPS) is 10.8. The summed E-state index contributed by atoms with van der Waals surface area (Å²) in [6, 6.07) is 8.00. The zero-order valence-electron chi connectivity index (χ0n) is 11.0. The van der Waals surface area contributed by atoms with Gasteiger partial charge in [0.1, 0.15) is 0 Å². The van der Waals surface area contributed by atoms with Crippen molar-refractivity contribution < 1.29 is 4.79 Å². The number of thioether (sulfide) groups is 1. The molecule has 0 atom stereocenters. The topological polar surface area (TPSA) is 17.1 Å². The second kappa shape index (κ2) is 7.54. The van der Waals surface area contributed by atoms with Crippen LogP contribution in [0.15, 0.2) is 29.2 Å². The lowest BCUT2D eigenvalue weighted by Crippen LogP contribution is -2.14. The number of carbonyl (C=O) groups is 1. The molecule has 0 heterocycles. The van der Waals surface area contributed by atoms with Crippen molar-refractivity contribution in [3.8, 4) is 0 Å². The van der Waals surface area contributed by atoms with Crippen molar-refractivity contribution in [2.75, 3.05) is 6.26 Å². The van der Waals surface area contributed by atoms with E-state index in [0.717, 1.165) is 31.2 Å². The first-order valence-electron chi connectivity index (χ1n) is 6.41. The average molecular weight is 250 g/mol. The minimum Gasteiger partial charge on any atom is -0.294 e. The number of hydrogen-bond donors (Lipinski definition) is 0. The van der Waals surface area contributed by atoms with E-state index in [1.807, 2.05) is 24.5 Å². The number of hydrogen-bond acceptors (Lipinski definition) is 2. The first-order valence-corrected chi connectivity index (χ1v) is 7.63.